The van der Waals surface area contributed by atoms with E-state index in [1.54, 1.807) is 6.07 Å². The van der Waals surface area contributed by atoms with Crippen LogP contribution in [0.25, 0.3) is 10.9 Å². The highest BCUT2D eigenvalue weighted by atomic mass is 16.6. The Bertz CT molecular complexity index is 585. The Hall–Kier alpha value is -2.21. The molecule has 2 aromatic rings. The number of nitrogens with one attached hydrogen (secondary N) is 1. The second-order valence-electron chi connectivity index (χ2n) is 4.07. The first kappa shape index (κ1) is 12.3. The molecular weight excluding hydrogens is 232 g/mol. The van der Waals surface area contributed by atoms with Crippen LogP contribution in [-0.4, -0.2) is 22.5 Å². The van der Waals surface area contributed by atoms with Crippen LogP contribution in [0.4, 0.5) is 11.4 Å². The zero-order chi connectivity index (χ0) is 13.1. The van der Waals surface area contributed by atoms with Crippen molar-refractivity contribution in [3.8, 4) is 0 Å². The largest absolute Gasteiger partial charge is 0.375 e. The lowest BCUT2D eigenvalue weighted by atomic mass is 10.1. The minimum atomic E-state index is -0.439. The van der Waals surface area contributed by atoms with Gasteiger partial charge in [0.1, 0.15) is 11.9 Å². The molecule has 0 aliphatic carbocycles. The Morgan fingerprint density at radius 2 is 2.22 bits per heavy atom. The fraction of sp³-hybridized carbons (Fsp3) is 0.250. The number of nitrogens with zero attached hydrogens (tertiary/aromatic N) is 2. The van der Waals surface area contributed by atoms with E-state index in [1.807, 2.05) is 25.1 Å². The van der Waals surface area contributed by atoms with Crippen molar-refractivity contribution in [3.63, 3.8) is 0 Å². The standard InChI is InChI=1S/C12H14N4O2/c1-8(6-13)15-12-9-4-2-3-5-10(9)14-7-11(12)16(17)18/h2-5,7-8H,6,13H2,1H3,(H,14,15). The number of nitrogens with two attached hydrogens (primary N) is 1. The molecule has 1 unspecified atom stereocenters. The molecule has 0 amide bonds. The van der Waals surface area contributed by atoms with E-state index in [-0.39, 0.29) is 11.7 Å². The van der Waals surface area contributed by atoms with E-state index in [4.69, 9.17) is 5.73 Å². The normalized spacial score (nSPS) is 12.3. The van der Waals surface area contributed by atoms with Gasteiger partial charge in [-0.3, -0.25) is 10.1 Å². The molecule has 6 heteroatoms. The van der Waals surface area contributed by atoms with E-state index in [2.05, 4.69) is 10.3 Å². The van der Waals surface area contributed by atoms with Gasteiger partial charge in [-0.05, 0) is 13.0 Å². The number of hydrogen-bond acceptors (Lipinski definition) is 5. The van der Waals surface area contributed by atoms with E-state index in [0.29, 0.717) is 12.2 Å². The van der Waals surface area contributed by atoms with Gasteiger partial charge in [0.25, 0.3) is 0 Å². The van der Waals surface area contributed by atoms with Gasteiger partial charge in [0.05, 0.1) is 10.4 Å². The number of benzene rings is 1. The predicted octanol–water partition coefficient (Wildman–Crippen LogP) is 1.90. The number of aromatic nitrogens is 1. The van der Waals surface area contributed by atoms with Crippen molar-refractivity contribution in [3.05, 3.63) is 40.6 Å². The first-order valence-electron chi connectivity index (χ1n) is 5.62. The molecule has 0 saturated carbocycles. The molecule has 3 N–H and O–H groups in total. The van der Waals surface area contributed by atoms with Crippen LogP contribution in [0, 0.1) is 10.1 Å². The molecule has 0 fully saturated rings. The van der Waals surface area contributed by atoms with Gasteiger partial charge in [-0.2, -0.15) is 0 Å². The molecule has 2 rings (SSSR count). The molecule has 1 atom stereocenters. The van der Waals surface area contributed by atoms with Crippen LogP contribution in [-0.2, 0) is 0 Å². The number of anilines is 1. The summed E-state index contributed by atoms with van der Waals surface area (Å²) >= 11 is 0. The van der Waals surface area contributed by atoms with Crippen molar-refractivity contribution in [1.82, 2.24) is 4.98 Å². The van der Waals surface area contributed by atoms with Crippen molar-refractivity contribution >= 4 is 22.3 Å². The summed E-state index contributed by atoms with van der Waals surface area (Å²) in [6.07, 6.45) is 1.27. The molecule has 0 spiro atoms. The second kappa shape index (κ2) is 4.97. The Labute approximate surface area is 104 Å². The maximum atomic E-state index is 11.0. The van der Waals surface area contributed by atoms with Crippen LogP contribution in [0.15, 0.2) is 30.5 Å². The molecule has 6 nitrogen and oxygen atoms in total. The minimum Gasteiger partial charge on any atom is -0.375 e. The molecule has 1 aromatic carbocycles. The van der Waals surface area contributed by atoms with Gasteiger partial charge in [0, 0.05) is 18.0 Å². The summed E-state index contributed by atoms with van der Waals surface area (Å²) in [5, 5.41) is 14.8. The molecular formula is C12H14N4O2. The van der Waals surface area contributed by atoms with Gasteiger partial charge in [-0.25, -0.2) is 4.98 Å². The van der Waals surface area contributed by atoms with E-state index < -0.39 is 4.92 Å². The van der Waals surface area contributed by atoms with Gasteiger partial charge in [0.2, 0.25) is 0 Å². The lowest BCUT2D eigenvalue weighted by Gasteiger charge is -2.14. The minimum absolute atomic E-state index is 0.0333. The van der Waals surface area contributed by atoms with Crippen molar-refractivity contribution in [1.29, 1.82) is 0 Å². The number of nitro groups is 1. The van der Waals surface area contributed by atoms with E-state index in [9.17, 15) is 10.1 Å². The summed E-state index contributed by atoms with van der Waals surface area (Å²) in [5.74, 6) is 0. The van der Waals surface area contributed by atoms with Crippen LogP contribution in [0.1, 0.15) is 6.92 Å². The molecule has 0 radical (unpaired) electrons. The van der Waals surface area contributed by atoms with E-state index >= 15 is 0 Å². The Morgan fingerprint density at radius 3 is 2.89 bits per heavy atom. The quantitative estimate of drug-likeness (QED) is 0.634. The van der Waals surface area contributed by atoms with Gasteiger partial charge < -0.3 is 11.1 Å². The summed E-state index contributed by atoms with van der Waals surface area (Å²) in [7, 11) is 0. The van der Waals surface area contributed by atoms with Crippen molar-refractivity contribution in [2.45, 2.75) is 13.0 Å². The lowest BCUT2D eigenvalue weighted by molar-refractivity contribution is -0.384. The van der Waals surface area contributed by atoms with Gasteiger partial charge >= 0.3 is 5.69 Å². The first-order chi connectivity index (χ1) is 8.63. The smallest absolute Gasteiger partial charge is 0.311 e. The van der Waals surface area contributed by atoms with Crippen molar-refractivity contribution in [2.75, 3.05) is 11.9 Å². The van der Waals surface area contributed by atoms with Crippen LogP contribution < -0.4 is 11.1 Å². The van der Waals surface area contributed by atoms with E-state index in [0.717, 1.165) is 10.9 Å². The second-order valence-corrected chi connectivity index (χ2v) is 4.07. The summed E-state index contributed by atoms with van der Waals surface area (Å²) in [6, 6.07) is 7.25. The lowest BCUT2D eigenvalue weighted by Crippen LogP contribution is -2.25. The van der Waals surface area contributed by atoms with Crippen LogP contribution in [0.3, 0.4) is 0 Å². The van der Waals surface area contributed by atoms with Crippen LogP contribution in [0.5, 0.6) is 0 Å². The Balaban J connectivity index is 2.62. The number of fused-ring (bicyclic) bond motifs is 1. The SMILES string of the molecule is CC(CN)Nc1c([N+](=O)[O-])cnc2ccccc12. The molecule has 0 aliphatic rings. The number of rotatable bonds is 4. The average Bonchev–Trinajstić information content (AvgIpc) is 2.38. The van der Waals surface area contributed by atoms with Gasteiger partial charge in [-0.15, -0.1) is 0 Å². The molecule has 0 aliphatic heterocycles. The molecule has 0 bridgehead atoms. The Morgan fingerprint density at radius 1 is 1.50 bits per heavy atom. The number of pyridine rings is 1. The highest BCUT2D eigenvalue weighted by Gasteiger charge is 2.18. The van der Waals surface area contributed by atoms with E-state index in [1.165, 1.54) is 6.20 Å². The fourth-order valence-electron chi connectivity index (χ4n) is 1.73. The third kappa shape index (κ3) is 2.23. The summed E-state index contributed by atoms with van der Waals surface area (Å²) in [4.78, 5) is 14.7. The maximum Gasteiger partial charge on any atom is 0.311 e. The molecule has 0 saturated heterocycles. The van der Waals surface area contributed by atoms with Crippen molar-refractivity contribution in [2.24, 2.45) is 5.73 Å². The molecule has 94 valence electrons. The highest BCUT2D eigenvalue weighted by Crippen LogP contribution is 2.31. The maximum absolute atomic E-state index is 11.0. The van der Waals surface area contributed by atoms with Gasteiger partial charge in [0.15, 0.2) is 0 Å². The molecule has 1 heterocycles. The number of hydrogen-bond donors (Lipinski definition) is 2. The highest BCUT2D eigenvalue weighted by molar-refractivity contribution is 5.95. The fourth-order valence-corrected chi connectivity index (χ4v) is 1.73. The third-order valence-electron chi connectivity index (χ3n) is 2.70. The topological polar surface area (TPSA) is 94.1 Å². The number of para-hydroxylation sites is 1. The molecule has 1 aromatic heterocycles. The van der Waals surface area contributed by atoms with Crippen LogP contribution in [0.2, 0.25) is 0 Å². The summed E-state index contributed by atoms with van der Waals surface area (Å²) in [5.41, 5.74) is 6.70. The predicted molar refractivity (Wildman–Crippen MR) is 70.5 cm³/mol. The zero-order valence-corrected chi connectivity index (χ0v) is 9.96. The Kier molecular flexibility index (Phi) is 3.38. The van der Waals surface area contributed by atoms with Gasteiger partial charge in [-0.1, -0.05) is 18.2 Å². The summed E-state index contributed by atoms with van der Waals surface area (Å²) < 4.78 is 0. The zero-order valence-electron chi connectivity index (χ0n) is 9.96. The third-order valence-corrected chi connectivity index (χ3v) is 2.70. The van der Waals surface area contributed by atoms with Crippen molar-refractivity contribution < 1.29 is 4.92 Å². The average molecular weight is 246 g/mol. The molecule has 18 heavy (non-hydrogen) atoms. The van der Waals surface area contributed by atoms with Crippen LogP contribution >= 0.6 is 0 Å². The first-order valence-corrected chi connectivity index (χ1v) is 5.62. The summed E-state index contributed by atoms with van der Waals surface area (Å²) in [6.45, 7) is 2.27. The monoisotopic (exact) mass is 246 g/mol.